The molecule has 1 rings (SSSR count). The number of rotatable bonds is 1. The fourth-order valence-corrected chi connectivity index (χ4v) is 1.88. The average molecular weight is 214 g/mol. The second-order valence-electron chi connectivity index (χ2n) is 4.94. The lowest BCUT2D eigenvalue weighted by molar-refractivity contribution is -0.176. The van der Waals surface area contributed by atoms with Gasteiger partial charge in [-0.2, -0.15) is 0 Å². The van der Waals surface area contributed by atoms with Crippen LogP contribution in [0.25, 0.3) is 0 Å². The molecule has 0 bridgehead atoms. The summed E-state index contributed by atoms with van der Waals surface area (Å²) in [5, 5.41) is 0. The normalized spacial score (nSPS) is 27.1. The second kappa shape index (κ2) is 4.21. The second-order valence-corrected chi connectivity index (χ2v) is 4.94. The first-order valence-corrected chi connectivity index (χ1v) is 5.13. The number of carbonyl (C=O) groups excluding carboxylic acids is 2. The highest BCUT2D eigenvalue weighted by Crippen LogP contribution is 2.35. The Morgan fingerprint density at radius 1 is 1.47 bits per heavy atom. The van der Waals surface area contributed by atoms with E-state index in [1.165, 1.54) is 7.11 Å². The summed E-state index contributed by atoms with van der Waals surface area (Å²) < 4.78 is 9.97. The largest absolute Gasteiger partial charge is 0.469 e. The Morgan fingerprint density at radius 2 is 2.07 bits per heavy atom. The van der Waals surface area contributed by atoms with Crippen LogP contribution >= 0.6 is 0 Å². The Bertz CT molecular complexity index is 264. The molecule has 0 aromatic carbocycles. The first-order chi connectivity index (χ1) is 6.86. The molecule has 86 valence electrons. The standard InChI is InChI=1S/C11H18O4/c1-11(2,3)9-7(10(13)14-4)5-6-8(12)15-9/h7,9H,5-6H2,1-4H3/t7-,9+/m1/s1. The van der Waals surface area contributed by atoms with E-state index < -0.39 is 0 Å². The predicted octanol–water partition coefficient (Wildman–Crippen LogP) is 1.53. The molecule has 4 nitrogen and oxygen atoms in total. The summed E-state index contributed by atoms with van der Waals surface area (Å²) in [7, 11) is 1.36. The maximum absolute atomic E-state index is 11.5. The van der Waals surface area contributed by atoms with Gasteiger partial charge in [0.25, 0.3) is 0 Å². The summed E-state index contributed by atoms with van der Waals surface area (Å²) in [5.41, 5.74) is -0.241. The van der Waals surface area contributed by atoms with E-state index in [0.29, 0.717) is 12.8 Å². The number of methoxy groups -OCH3 is 1. The van der Waals surface area contributed by atoms with Crippen LogP contribution in [0.5, 0.6) is 0 Å². The highest BCUT2D eigenvalue weighted by atomic mass is 16.6. The van der Waals surface area contributed by atoms with E-state index in [4.69, 9.17) is 9.47 Å². The van der Waals surface area contributed by atoms with Crippen LogP contribution in [0.15, 0.2) is 0 Å². The monoisotopic (exact) mass is 214 g/mol. The molecule has 2 atom stereocenters. The van der Waals surface area contributed by atoms with Crippen molar-refractivity contribution in [2.24, 2.45) is 11.3 Å². The lowest BCUT2D eigenvalue weighted by Gasteiger charge is -2.37. The molecule has 1 heterocycles. The van der Waals surface area contributed by atoms with Crippen LogP contribution in [0.3, 0.4) is 0 Å². The average Bonchev–Trinajstić information content (AvgIpc) is 2.15. The van der Waals surface area contributed by atoms with E-state index in [1.807, 2.05) is 20.8 Å². The number of cyclic esters (lactones) is 1. The van der Waals surface area contributed by atoms with Crippen molar-refractivity contribution in [3.05, 3.63) is 0 Å². The minimum atomic E-state index is -0.383. The van der Waals surface area contributed by atoms with Gasteiger partial charge in [-0.25, -0.2) is 0 Å². The van der Waals surface area contributed by atoms with Gasteiger partial charge in [0.05, 0.1) is 13.0 Å². The first kappa shape index (κ1) is 12.0. The minimum absolute atomic E-state index is 0.227. The van der Waals surface area contributed by atoms with Gasteiger partial charge in [0.15, 0.2) is 0 Å². The molecule has 4 heteroatoms. The molecular formula is C11H18O4. The van der Waals surface area contributed by atoms with Crippen LogP contribution < -0.4 is 0 Å². The van der Waals surface area contributed by atoms with Gasteiger partial charge in [-0.1, -0.05) is 20.8 Å². The summed E-state index contributed by atoms with van der Waals surface area (Å²) in [4.78, 5) is 22.7. The summed E-state index contributed by atoms with van der Waals surface area (Å²) in [6.45, 7) is 5.85. The zero-order chi connectivity index (χ0) is 11.6. The van der Waals surface area contributed by atoms with Crippen LogP contribution in [-0.4, -0.2) is 25.2 Å². The minimum Gasteiger partial charge on any atom is -0.469 e. The Kier molecular flexibility index (Phi) is 3.37. The molecule has 1 fully saturated rings. The first-order valence-electron chi connectivity index (χ1n) is 5.13. The molecule has 0 radical (unpaired) electrons. The quantitative estimate of drug-likeness (QED) is 0.621. The van der Waals surface area contributed by atoms with Gasteiger partial charge in [-0.15, -0.1) is 0 Å². The Balaban J connectivity index is 2.84. The third kappa shape index (κ3) is 2.70. The summed E-state index contributed by atoms with van der Waals surface area (Å²) in [6, 6.07) is 0. The summed E-state index contributed by atoms with van der Waals surface area (Å²) >= 11 is 0. The van der Waals surface area contributed by atoms with E-state index in [9.17, 15) is 9.59 Å². The highest BCUT2D eigenvalue weighted by molar-refractivity contribution is 5.77. The smallest absolute Gasteiger partial charge is 0.312 e. The van der Waals surface area contributed by atoms with Crippen molar-refractivity contribution in [3.63, 3.8) is 0 Å². The number of carbonyl (C=O) groups is 2. The topological polar surface area (TPSA) is 52.6 Å². The Hall–Kier alpha value is -1.06. The third-order valence-electron chi connectivity index (χ3n) is 2.64. The lowest BCUT2D eigenvalue weighted by atomic mass is 9.78. The molecule has 1 aliphatic heterocycles. The van der Waals surface area contributed by atoms with E-state index >= 15 is 0 Å². The van der Waals surface area contributed by atoms with Gasteiger partial charge in [0.1, 0.15) is 6.10 Å². The van der Waals surface area contributed by atoms with Crippen LogP contribution in [-0.2, 0) is 19.1 Å². The number of hydrogen-bond donors (Lipinski definition) is 0. The number of hydrogen-bond acceptors (Lipinski definition) is 4. The van der Waals surface area contributed by atoms with Crippen LogP contribution in [0.1, 0.15) is 33.6 Å². The van der Waals surface area contributed by atoms with Crippen LogP contribution in [0.4, 0.5) is 0 Å². The molecule has 1 aliphatic rings. The van der Waals surface area contributed by atoms with Gasteiger partial charge in [0.2, 0.25) is 0 Å². The van der Waals surface area contributed by atoms with Gasteiger partial charge >= 0.3 is 11.9 Å². The Morgan fingerprint density at radius 3 is 2.53 bits per heavy atom. The zero-order valence-corrected chi connectivity index (χ0v) is 9.70. The SMILES string of the molecule is COC(=O)[C@@H]1CCC(=O)O[C@@H]1C(C)(C)C. The molecular weight excluding hydrogens is 196 g/mol. The fraction of sp³-hybridized carbons (Fsp3) is 0.818. The molecule has 0 amide bonds. The van der Waals surface area contributed by atoms with Crippen molar-refractivity contribution in [3.8, 4) is 0 Å². The molecule has 0 unspecified atom stereocenters. The van der Waals surface area contributed by atoms with Gasteiger partial charge in [-0.05, 0) is 11.8 Å². The van der Waals surface area contributed by atoms with E-state index in [-0.39, 0.29) is 29.4 Å². The maximum Gasteiger partial charge on any atom is 0.312 e. The number of esters is 2. The molecule has 0 aromatic heterocycles. The van der Waals surface area contributed by atoms with E-state index in [1.54, 1.807) is 0 Å². The predicted molar refractivity (Wildman–Crippen MR) is 54.1 cm³/mol. The molecule has 1 saturated heterocycles. The maximum atomic E-state index is 11.5. The van der Waals surface area contributed by atoms with Gasteiger partial charge < -0.3 is 9.47 Å². The van der Waals surface area contributed by atoms with Crippen molar-refractivity contribution in [2.45, 2.75) is 39.7 Å². The summed E-state index contributed by atoms with van der Waals surface area (Å²) in [5.74, 6) is -0.842. The van der Waals surface area contributed by atoms with Crippen LogP contribution in [0, 0.1) is 11.3 Å². The third-order valence-corrected chi connectivity index (χ3v) is 2.64. The van der Waals surface area contributed by atoms with Gasteiger partial charge in [0, 0.05) is 6.42 Å². The van der Waals surface area contributed by atoms with Gasteiger partial charge in [-0.3, -0.25) is 9.59 Å². The van der Waals surface area contributed by atoms with E-state index in [0.717, 1.165) is 0 Å². The van der Waals surface area contributed by atoms with Crippen molar-refractivity contribution in [2.75, 3.05) is 7.11 Å². The van der Waals surface area contributed by atoms with E-state index in [2.05, 4.69) is 0 Å². The molecule has 15 heavy (non-hydrogen) atoms. The van der Waals surface area contributed by atoms with Crippen LogP contribution in [0.2, 0.25) is 0 Å². The van der Waals surface area contributed by atoms with Crippen molar-refractivity contribution in [1.29, 1.82) is 0 Å². The molecule has 0 saturated carbocycles. The highest BCUT2D eigenvalue weighted by Gasteiger charge is 2.43. The van der Waals surface area contributed by atoms with Crippen molar-refractivity contribution < 1.29 is 19.1 Å². The molecule has 0 N–H and O–H groups in total. The molecule has 0 spiro atoms. The van der Waals surface area contributed by atoms with Crippen molar-refractivity contribution >= 4 is 11.9 Å². The van der Waals surface area contributed by atoms with Crippen molar-refractivity contribution in [1.82, 2.24) is 0 Å². The summed E-state index contributed by atoms with van der Waals surface area (Å²) in [6.07, 6.45) is 0.436. The number of ether oxygens (including phenoxy) is 2. The zero-order valence-electron chi connectivity index (χ0n) is 9.70. The fourth-order valence-electron chi connectivity index (χ4n) is 1.88. The molecule has 0 aromatic rings. The Labute approximate surface area is 89.9 Å². The lowest BCUT2D eigenvalue weighted by Crippen LogP contribution is -2.45. The molecule has 0 aliphatic carbocycles.